The second-order valence-corrected chi connectivity index (χ2v) is 5.12. The molecule has 0 aliphatic carbocycles. The van der Waals surface area contributed by atoms with Crippen LogP contribution >= 0.6 is 23.8 Å². The van der Waals surface area contributed by atoms with Gasteiger partial charge in [-0.05, 0) is 56.5 Å². The minimum atomic E-state index is 0.641. The van der Waals surface area contributed by atoms with E-state index in [-0.39, 0.29) is 0 Å². The fourth-order valence-electron chi connectivity index (χ4n) is 1.79. The number of rotatable bonds is 7. The minimum Gasteiger partial charge on any atom is -0.362 e. The lowest BCUT2D eigenvalue weighted by atomic mass is 10.3. The van der Waals surface area contributed by atoms with Crippen LogP contribution in [0.5, 0.6) is 0 Å². The molecule has 0 bridgehead atoms. The topological polar surface area (TPSA) is 27.3 Å². The first-order valence-corrected chi connectivity index (χ1v) is 7.47. The van der Waals surface area contributed by atoms with E-state index in [0.717, 1.165) is 38.3 Å². The summed E-state index contributed by atoms with van der Waals surface area (Å²) in [5, 5.41) is 7.67. The normalized spacial score (nSPS) is 10.5. The number of halogens is 1. The van der Waals surface area contributed by atoms with E-state index in [9.17, 15) is 0 Å². The molecule has 0 aromatic heterocycles. The average Bonchev–Trinajstić information content (AvgIpc) is 2.39. The number of thiocarbonyl (C=S) groups is 1. The van der Waals surface area contributed by atoms with Gasteiger partial charge in [-0.1, -0.05) is 31.5 Å². The highest BCUT2D eigenvalue weighted by atomic mass is 35.5. The summed E-state index contributed by atoms with van der Waals surface area (Å²) >= 11 is 11.1. The van der Waals surface area contributed by atoms with Crippen LogP contribution in [0.1, 0.15) is 20.3 Å². The van der Waals surface area contributed by atoms with Gasteiger partial charge < -0.3 is 15.5 Å². The lowest BCUT2D eigenvalue weighted by Gasteiger charge is -2.18. The molecule has 0 atom stereocenters. The molecule has 19 heavy (non-hydrogen) atoms. The van der Waals surface area contributed by atoms with Crippen LogP contribution in [0.3, 0.4) is 0 Å². The second-order valence-electron chi connectivity index (χ2n) is 4.27. The summed E-state index contributed by atoms with van der Waals surface area (Å²) in [5.41, 5.74) is 0.911. The zero-order chi connectivity index (χ0) is 14.1. The standard InChI is InChI=1S/C14H22ClN3S/c1-3-18(4-2)10-6-9-16-14(19)17-13-8-5-7-12(15)11-13/h5,7-8,11H,3-4,6,9-10H2,1-2H3,(H2,16,17,19). The van der Waals surface area contributed by atoms with Crippen molar-refractivity contribution in [1.82, 2.24) is 10.2 Å². The van der Waals surface area contributed by atoms with Crippen molar-refractivity contribution in [2.75, 3.05) is 31.5 Å². The zero-order valence-corrected chi connectivity index (χ0v) is 13.2. The van der Waals surface area contributed by atoms with E-state index < -0.39 is 0 Å². The molecule has 0 aliphatic rings. The highest BCUT2D eigenvalue weighted by Gasteiger charge is 2.00. The Kier molecular flexibility index (Phi) is 7.79. The van der Waals surface area contributed by atoms with E-state index in [4.69, 9.17) is 23.8 Å². The molecule has 0 saturated heterocycles. The molecule has 0 radical (unpaired) electrons. The third-order valence-corrected chi connectivity index (χ3v) is 3.40. The first-order chi connectivity index (χ1) is 9.15. The molecular weight excluding hydrogens is 278 g/mol. The summed E-state index contributed by atoms with van der Waals surface area (Å²) < 4.78 is 0. The molecule has 1 aromatic rings. The molecule has 0 unspecified atom stereocenters. The van der Waals surface area contributed by atoms with Gasteiger partial charge in [-0.3, -0.25) is 0 Å². The molecule has 0 fully saturated rings. The second kappa shape index (κ2) is 9.13. The fraction of sp³-hybridized carbons (Fsp3) is 0.500. The van der Waals surface area contributed by atoms with Crippen molar-refractivity contribution in [3.8, 4) is 0 Å². The first kappa shape index (κ1) is 16.2. The minimum absolute atomic E-state index is 0.641. The number of nitrogens with one attached hydrogen (secondary N) is 2. The van der Waals surface area contributed by atoms with Crippen molar-refractivity contribution in [1.29, 1.82) is 0 Å². The number of benzene rings is 1. The van der Waals surface area contributed by atoms with Crippen molar-refractivity contribution in [3.63, 3.8) is 0 Å². The van der Waals surface area contributed by atoms with Gasteiger partial charge in [0, 0.05) is 17.3 Å². The van der Waals surface area contributed by atoms with Crippen LogP contribution in [0.15, 0.2) is 24.3 Å². The van der Waals surface area contributed by atoms with E-state index in [2.05, 4.69) is 29.4 Å². The van der Waals surface area contributed by atoms with Gasteiger partial charge in [0.15, 0.2) is 5.11 Å². The first-order valence-electron chi connectivity index (χ1n) is 6.68. The van der Waals surface area contributed by atoms with Crippen molar-refractivity contribution in [2.45, 2.75) is 20.3 Å². The van der Waals surface area contributed by atoms with Crippen LogP contribution in [0.2, 0.25) is 5.02 Å². The van der Waals surface area contributed by atoms with Crippen LogP contribution in [-0.4, -0.2) is 36.2 Å². The molecule has 0 saturated carbocycles. The predicted molar refractivity (Wildman–Crippen MR) is 88.1 cm³/mol. The molecule has 5 heteroatoms. The van der Waals surface area contributed by atoms with E-state index >= 15 is 0 Å². The average molecular weight is 300 g/mol. The van der Waals surface area contributed by atoms with Gasteiger partial charge >= 0.3 is 0 Å². The van der Waals surface area contributed by atoms with Crippen molar-refractivity contribution in [3.05, 3.63) is 29.3 Å². The van der Waals surface area contributed by atoms with E-state index in [1.165, 1.54) is 0 Å². The molecule has 0 amide bonds. The fourth-order valence-corrected chi connectivity index (χ4v) is 2.20. The Balaban J connectivity index is 2.21. The largest absolute Gasteiger partial charge is 0.362 e. The Hall–Kier alpha value is -0.840. The third kappa shape index (κ3) is 6.76. The maximum Gasteiger partial charge on any atom is 0.170 e. The Morgan fingerprint density at radius 2 is 2.05 bits per heavy atom. The van der Waals surface area contributed by atoms with Crippen LogP contribution in [0, 0.1) is 0 Å². The van der Waals surface area contributed by atoms with Gasteiger partial charge in [0.1, 0.15) is 0 Å². The van der Waals surface area contributed by atoms with Gasteiger partial charge in [-0.2, -0.15) is 0 Å². The molecule has 0 heterocycles. The van der Waals surface area contributed by atoms with E-state index in [1.54, 1.807) is 0 Å². The smallest absolute Gasteiger partial charge is 0.170 e. The molecule has 1 rings (SSSR count). The van der Waals surface area contributed by atoms with Gasteiger partial charge in [0.05, 0.1) is 0 Å². The Labute approximate surface area is 126 Å². The molecule has 3 nitrogen and oxygen atoms in total. The summed E-state index contributed by atoms with van der Waals surface area (Å²) in [5.74, 6) is 0. The van der Waals surface area contributed by atoms with Crippen molar-refractivity contribution in [2.24, 2.45) is 0 Å². The number of hydrogen-bond donors (Lipinski definition) is 2. The summed E-state index contributed by atoms with van der Waals surface area (Å²) in [6.07, 6.45) is 1.08. The molecule has 2 N–H and O–H groups in total. The maximum atomic E-state index is 5.91. The number of hydrogen-bond acceptors (Lipinski definition) is 2. The summed E-state index contributed by atoms with van der Waals surface area (Å²) in [7, 11) is 0. The summed E-state index contributed by atoms with van der Waals surface area (Å²) in [4.78, 5) is 2.40. The highest BCUT2D eigenvalue weighted by molar-refractivity contribution is 7.80. The van der Waals surface area contributed by atoms with Gasteiger partial charge in [-0.25, -0.2) is 0 Å². The van der Waals surface area contributed by atoms with Crippen molar-refractivity contribution >= 4 is 34.6 Å². The molecule has 1 aromatic carbocycles. The van der Waals surface area contributed by atoms with Gasteiger partial charge in [0.25, 0.3) is 0 Å². The predicted octanol–water partition coefficient (Wildman–Crippen LogP) is 3.36. The molecule has 0 spiro atoms. The van der Waals surface area contributed by atoms with Gasteiger partial charge in [0.2, 0.25) is 0 Å². The molecular formula is C14H22ClN3S. The van der Waals surface area contributed by atoms with E-state index in [0.29, 0.717) is 10.1 Å². The highest BCUT2D eigenvalue weighted by Crippen LogP contribution is 2.14. The Morgan fingerprint density at radius 3 is 2.68 bits per heavy atom. The quantitative estimate of drug-likeness (QED) is 0.596. The van der Waals surface area contributed by atoms with Crippen molar-refractivity contribution < 1.29 is 0 Å². The van der Waals surface area contributed by atoms with E-state index in [1.807, 2.05) is 24.3 Å². The van der Waals surface area contributed by atoms with Crippen LogP contribution < -0.4 is 10.6 Å². The molecule has 106 valence electrons. The lowest BCUT2D eigenvalue weighted by molar-refractivity contribution is 0.300. The Morgan fingerprint density at radius 1 is 1.32 bits per heavy atom. The lowest BCUT2D eigenvalue weighted by Crippen LogP contribution is -2.32. The zero-order valence-electron chi connectivity index (χ0n) is 11.6. The van der Waals surface area contributed by atoms with Crippen LogP contribution in [0.25, 0.3) is 0 Å². The SMILES string of the molecule is CCN(CC)CCCNC(=S)Nc1cccc(Cl)c1. The monoisotopic (exact) mass is 299 g/mol. The molecule has 0 aliphatic heterocycles. The maximum absolute atomic E-state index is 5.91. The Bertz CT molecular complexity index is 394. The van der Waals surface area contributed by atoms with Crippen LogP contribution in [-0.2, 0) is 0 Å². The summed E-state index contributed by atoms with van der Waals surface area (Å²) in [6, 6.07) is 7.53. The van der Waals surface area contributed by atoms with Gasteiger partial charge in [-0.15, -0.1) is 0 Å². The number of anilines is 1. The summed E-state index contributed by atoms with van der Waals surface area (Å²) in [6.45, 7) is 8.54. The van der Waals surface area contributed by atoms with Crippen LogP contribution in [0.4, 0.5) is 5.69 Å². The third-order valence-electron chi connectivity index (χ3n) is 2.91. The number of nitrogens with zero attached hydrogens (tertiary/aromatic N) is 1.